The van der Waals surface area contributed by atoms with E-state index < -0.39 is 18.1 Å². The summed E-state index contributed by atoms with van der Waals surface area (Å²) in [5.41, 5.74) is 0. The molecule has 344 valence electrons. The number of unbranched alkanes of at least 4 members (excludes halogenated alkanes) is 32. The number of likely N-dealkylation sites (N-methyl/N-ethyl adjacent to an activating group) is 1. The molecule has 0 aliphatic heterocycles. The summed E-state index contributed by atoms with van der Waals surface area (Å²) >= 11 is 0. The van der Waals surface area contributed by atoms with Crippen molar-refractivity contribution in [2.45, 2.75) is 264 Å². The fourth-order valence-electron chi connectivity index (χ4n) is 7.84. The summed E-state index contributed by atoms with van der Waals surface area (Å²) in [4.78, 5) is 37.0. The second-order valence-electron chi connectivity index (χ2n) is 18.4. The number of hydrogen-bond donors (Lipinski definition) is 0. The van der Waals surface area contributed by atoms with E-state index in [4.69, 9.17) is 14.2 Å². The Kier molecular flexibility index (Phi) is 40.8. The number of quaternary nitrogens is 1. The molecule has 0 aromatic heterocycles. The number of esters is 2. The fourth-order valence-corrected chi connectivity index (χ4v) is 7.84. The van der Waals surface area contributed by atoms with Crippen molar-refractivity contribution in [2.75, 3.05) is 41.0 Å². The molecule has 8 nitrogen and oxygen atoms in total. The molecule has 0 fully saturated rings. The van der Waals surface area contributed by atoms with E-state index in [0.29, 0.717) is 12.8 Å². The van der Waals surface area contributed by atoms with E-state index in [1.54, 1.807) is 0 Å². The predicted molar refractivity (Wildman–Crippen MR) is 241 cm³/mol. The minimum absolute atomic E-state index is 0.0496. The van der Waals surface area contributed by atoms with Gasteiger partial charge in [0.05, 0.1) is 40.3 Å². The molecule has 0 amide bonds. The Hall–Kier alpha value is -1.67. The highest BCUT2D eigenvalue weighted by atomic mass is 16.6. The van der Waals surface area contributed by atoms with Gasteiger partial charge in [-0.2, -0.15) is 0 Å². The van der Waals surface area contributed by atoms with Crippen molar-refractivity contribution in [3.8, 4) is 0 Å². The molecular formula is C50H97NO7. The van der Waals surface area contributed by atoms with Gasteiger partial charge in [0, 0.05) is 19.3 Å². The normalized spacial score (nSPS) is 12.8. The quantitative estimate of drug-likeness (QED) is 0.0342. The smallest absolute Gasteiger partial charge is 0.306 e. The van der Waals surface area contributed by atoms with Gasteiger partial charge >= 0.3 is 11.9 Å². The maximum absolute atomic E-state index is 12.7. The summed E-state index contributed by atoms with van der Waals surface area (Å²) in [6.45, 7) is 4.72. The Balaban J connectivity index is 4.19. The molecule has 0 bridgehead atoms. The average molecular weight is 824 g/mol. The van der Waals surface area contributed by atoms with Gasteiger partial charge in [-0.25, -0.2) is 0 Å². The molecule has 0 aliphatic rings. The Morgan fingerprint density at radius 3 is 1.07 bits per heavy atom. The second kappa shape index (κ2) is 42.0. The van der Waals surface area contributed by atoms with Crippen LogP contribution in [0, 0.1) is 0 Å². The van der Waals surface area contributed by atoms with Crippen molar-refractivity contribution < 1.29 is 38.2 Å². The van der Waals surface area contributed by atoms with Crippen LogP contribution in [0.25, 0.3) is 0 Å². The van der Waals surface area contributed by atoms with Crippen LogP contribution in [0.1, 0.15) is 251 Å². The Bertz CT molecular complexity index is 920. The second-order valence-corrected chi connectivity index (χ2v) is 18.4. The van der Waals surface area contributed by atoms with Crippen molar-refractivity contribution in [3.05, 3.63) is 0 Å². The first-order chi connectivity index (χ1) is 28.1. The summed E-state index contributed by atoms with van der Waals surface area (Å²) in [5.74, 6) is -1.71. The lowest BCUT2D eigenvalue weighted by Gasteiger charge is -2.34. The largest absolute Gasteiger partial charge is 0.544 e. The van der Waals surface area contributed by atoms with Gasteiger partial charge in [0.25, 0.3) is 0 Å². The summed E-state index contributed by atoms with van der Waals surface area (Å²) in [7, 11) is 5.43. The number of carboxylic acids is 1. The van der Waals surface area contributed by atoms with Gasteiger partial charge < -0.3 is 28.6 Å². The SMILES string of the molecule is CCCCCCCCCCCCCCCCCCCCCC(=O)OCC(COCCC(C(=O)[O-])[N+](C)(C)C)OC(=O)CCCCCCCCCCCCCCCCC. The number of rotatable bonds is 46. The molecule has 0 saturated carbocycles. The first kappa shape index (κ1) is 56.3. The maximum atomic E-state index is 12.7. The van der Waals surface area contributed by atoms with Crippen molar-refractivity contribution in [3.63, 3.8) is 0 Å². The van der Waals surface area contributed by atoms with Crippen LogP contribution in [0.3, 0.4) is 0 Å². The van der Waals surface area contributed by atoms with Gasteiger partial charge in [-0.3, -0.25) is 9.59 Å². The molecule has 0 spiro atoms. The number of nitrogens with zero attached hydrogens (tertiary/aromatic N) is 1. The minimum atomic E-state index is -1.12. The summed E-state index contributed by atoms with van der Waals surface area (Å²) in [6, 6.07) is -0.719. The molecule has 0 aromatic carbocycles. The van der Waals surface area contributed by atoms with E-state index in [-0.39, 0.29) is 42.7 Å². The fraction of sp³-hybridized carbons (Fsp3) is 0.940. The van der Waals surface area contributed by atoms with E-state index in [1.807, 2.05) is 21.1 Å². The Labute approximate surface area is 359 Å². The molecular weight excluding hydrogens is 727 g/mol. The maximum Gasteiger partial charge on any atom is 0.306 e. The lowest BCUT2D eigenvalue weighted by Crippen LogP contribution is -2.55. The van der Waals surface area contributed by atoms with Crippen LogP contribution in [0.15, 0.2) is 0 Å². The van der Waals surface area contributed by atoms with E-state index in [0.717, 1.165) is 38.5 Å². The molecule has 0 rings (SSSR count). The number of hydrogen-bond acceptors (Lipinski definition) is 7. The van der Waals surface area contributed by atoms with Gasteiger partial charge in [0.15, 0.2) is 6.10 Å². The van der Waals surface area contributed by atoms with Crippen LogP contribution in [0.4, 0.5) is 0 Å². The molecule has 0 saturated heterocycles. The van der Waals surface area contributed by atoms with Crippen molar-refractivity contribution in [1.82, 2.24) is 0 Å². The first-order valence-corrected chi connectivity index (χ1v) is 25.1. The summed E-state index contributed by atoms with van der Waals surface area (Å²) in [6.07, 6.45) is 44.1. The zero-order valence-electron chi connectivity index (χ0n) is 39.2. The van der Waals surface area contributed by atoms with E-state index >= 15 is 0 Å². The Morgan fingerprint density at radius 1 is 0.448 bits per heavy atom. The first-order valence-electron chi connectivity index (χ1n) is 25.1. The molecule has 0 aromatic rings. The standard InChI is InChI=1S/C50H97NO7/c1-6-8-10-12-14-16-18-20-22-23-24-25-27-28-30-32-34-36-38-40-48(52)57-45-46(44-56-43-42-47(50(54)55)51(3,4)5)58-49(53)41-39-37-35-33-31-29-26-21-19-17-15-13-11-9-7-2/h46-47H,6-45H2,1-5H3. The number of carbonyl (C=O) groups excluding carboxylic acids is 3. The zero-order valence-corrected chi connectivity index (χ0v) is 39.2. The lowest BCUT2D eigenvalue weighted by atomic mass is 10.0. The lowest BCUT2D eigenvalue weighted by molar-refractivity contribution is -0.889. The Morgan fingerprint density at radius 2 is 0.759 bits per heavy atom. The zero-order chi connectivity index (χ0) is 42.8. The minimum Gasteiger partial charge on any atom is -0.544 e. The third kappa shape index (κ3) is 39.8. The van der Waals surface area contributed by atoms with E-state index in [1.165, 1.54) is 180 Å². The third-order valence-electron chi connectivity index (χ3n) is 11.7. The van der Waals surface area contributed by atoms with E-state index in [9.17, 15) is 19.5 Å². The van der Waals surface area contributed by atoms with Gasteiger partial charge in [0.1, 0.15) is 12.6 Å². The monoisotopic (exact) mass is 824 g/mol. The summed E-state index contributed by atoms with van der Waals surface area (Å²) in [5, 5.41) is 11.6. The molecule has 2 unspecified atom stereocenters. The van der Waals surface area contributed by atoms with Crippen LogP contribution in [0.2, 0.25) is 0 Å². The van der Waals surface area contributed by atoms with Crippen LogP contribution < -0.4 is 5.11 Å². The average Bonchev–Trinajstić information content (AvgIpc) is 3.18. The van der Waals surface area contributed by atoms with Crippen LogP contribution in [-0.2, 0) is 28.6 Å². The van der Waals surface area contributed by atoms with Gasteiger partial charge in [-0.05, 0) is 12.8 Å². The number of aliphatic carboxylic acids is 1. The van der Waals surface area contributed by atoms with Crippen molar-refractivity contribution in [1.29, 1.82) is 0 Å². The molecule has 0 heterocycles. The molecule has 8 heteroatoms. The van der Waals surface area contributed by atoms with Gasteiger partial charge in [0.2, 0.25) is 0 Å². The number of carbonyl (C=O) groups is 3. The molecule has 0 radical (unpaired) electrons. The molecule has 0 aliphatic carbocycles. The summed E-state index contributed by atoms with van der Waals surface area (Å²) < 4.78 is 17.2. The van der Waals surface area contributed by atoms with Crippen LogP contribution in [0.5, 0.6) is 0 Å². The predicted octanol–water partition coefficient (Wildman–Crippen LogP) is 12.8. The molecule has 0 N–H and O–H groups in total. The van der Waals surface area contributed by atoms with Gasteiger partial charge in [-0.15, -0.1) is 0 Å². The highest BCUT2D eigenvalue weighted by Crippen LogP contribution is 2.17. The van der Waals surface area contributed by atoms with Crippen molar-refractivity contribution >= 4 is 17.9 Å². The topological polar surface area (TPSA) is 102 Å². The number of carboxylic acid groups (broad SMARTS) is 1. The molecule has 58 heavy (non-hydrogen) atoms. The van der Waals surface area contributed by atoms with E-state index in [2.05, 4.69) is 13.8 Å². The van der Waals surface area contributed by atoms with Crippen LogP contribution in [-0.4, -0.2) is 75.5 Å². The molecule has 2 atom stereocenters. The van der Waals surface area contributed by atoms with Crippen molar-refractivity contribution in [2.24, 2.45) is 0 Å². The number of ether oxygens (including phenoxy) is 3. The third-order valence-corrected chi connectivity index (χ3v) is 11.7. The highest BCUT2D eigenvalue weighted by Gasteiger charge is 2.25. The van der Waals surface area contributed by atoms with Gasteiger partial charge in [-0.1, -0.05) is 219 Å². The highest BCUT2D eigenvalue weighted by molar-refractivity contribution is 5.70. The van der Waals surface area contributed by atoms with Crippen LogP contribution >= 0.6 is 0 Å².